The Morgan fingerprint density at radius 3 is 2.75 bits per heavy atom. The lowest BCUT2D eigenvalue weighted by Gasteiger charge is -2.09. The molecule has 0 spiro atoms. The number of fused-ring (bicyclic) bond motifs is 1. The minimum absolute atomic E-state index is 0.0736. The molecule has 2 rings (SSSR count). The Labute approximate surface area is 122 Å². The highest BCUT2D eigenvalue weighted by Gasteiger charge is 2.28. The van der Waals surface area contributed by atoms with Gasteiger partial charge in [0.05, 0.1) is 26.3 Å². The van der Waals surface area contributed by atoms with Crippen LogP contribution in [0.15, 0.2) is 0 Å². The monoisotopic (exact) mass is 297 g/mol. The summed E-state index contributed by atoms with van der Waals surface area (Å²) in [4.78, 5) is 26.3. The number of esters is 1. The maximum absolute atomic E-state index is 12.1. The van der Waals surface area contributed by atoms with Crippen LogP contribution in [0.2, 0.25) is 0 Å². The summed E-state index contributed by atoms with van der Waals surface area (Å²) in [6, 6.07) is 0. The molecule has 1 aliphatic rings. The smallest absolute Gasteiger partial charge is 0.341 e. The maximum atomic E-state index is 12.1. The lowest BCUT2D eigenvalue weighted by atomic mass is 10.1. The van der Waals surface area contributed by atoms with E-state index in [1.807, 2.05) is 14.1 Å². The number of hydrogen-bond donors (Lipinski definition) is 2. The Hall–Kier alpha value is -1.40. The van der Waals surface area contributed by atoms with Crippen LogP contribution >= 0.6 is 11.3 Å². The Bertz CT molecular complexity index is 523. The van der Waals surface area contributed by atoms with Crippen LogP contribution in [0.5, 0.6) is 0 Å². The number of nitrogens with one attached hydrogen (secondary N) is 2. The highest BCUT2D eigenvalue weighted by Crippen LogP contribution is 2.39. The van der Waals surface area contributed by atoms with Crippen LogP contribution < -0.4 is 10.2 Å². The molecule has 0 atom stereocenters. The minimum Gasteiger partial charge on any atom is -0.462 e. The molecule has 110 valence electrons. The van der Waals surface area contributed by atoms with Crippen molar-refractivity contribution in [2.24, 2.45) is 0 Å². The number of ether oxygens (including phenoxy) is 1. The third kappa shape index (κ3) is 3.19. The molecule has 1 aromatic rings. The molecule has 1 aliphatic carbocycles. The topological polar surface area (TPSA) is 59.8 Å². The number of quaternary nitrogens is 1. The number of thiophene rings is 1. The summed E-state index contributed by atoms with van der Waals surface area (Å²) in [7, 11) is 3.83. The average molecular weight is 297 g/mol. The summed E-state index contributed by atoms with van der Waals surface area (Å²) in [6.45, 7) is 2.52. The zero-order valence-corrected chi connectivity index (χ0v) is 13.0. The Kier molecular flexibility index (Phi) is 4.77. The first-order valence-electron chi connectivity index (χ1n) is 6.93. The number of anilines is 1. The Morgan fingerprint density at radius 2 is 2.10 bits per heavy atom. The standard InChI is InChI=1S/C14H20N2O3S/c1-4-19-14(18)12-9-6-5-7-10(9)20-13(12)15-11(17)8-16(2)3/h4-8H2,1-3H3,(H,15,17)/p+1. The first-order valence-corrected chi connectivity index (χ1v) is 7.75. The number of carbonyl (C=O) groups excluding carboxylic acids is 2. The molecular formula is C14H21N2O3S+. The van der Waals surface area contributed by atoms with E-state index in [-0.39, 0.29) is 11.9 Å². The molecular weight excluding hydrogens is 276 g/mol. The highest BCUT2D eigenvalue weighted by atomic mass is 32.1. The summed E-state index contributed by atoms with van der Waals surface area (Å²) in [6.07, 6.45) is 2.96. The molecule has 0 radical (unpaired) electrons. The third-order valence-corrected chi connectivity index (χ3v) is 4.38. The van der Waals surface area contributed by atoms with E-state index in [0.29, 0.717) is 23.7 Å². The molecule has 0 bridgehead atoms. The van der Waals surface area contributed by atoms with Crippen LogP contribution in [0, 0.1) is 0 Å². The molecule has 5 nitrogen and oxygen atoms in total. The van der Waals surface area contributed by atoms with E-state index in [4.69, 9.17) is 4.74 Å². The fourth-order valence-corrected chi connectivity index (χ4v) is 3.70. The van der Waals surface area contributed by atoms with Gasteiger partial charge in [0, 0.05) is 4.88 Å². The molecule has 0 unspecified atom stereocenters. The van der Waals surface area contributed by atoms with E-state index in [1.165, 1.54) is 16.2 Å². The molecule has 1 heterocycles. The van der Waals surface area contributed by atoms with Crippen molar-refractivity contribution in [2.45, 2.75) is 26.2 Å². The van der Waals surface area contributed by atoms with Crippen LogP contribution in [0.4, 0.5) is 5.00 Å². The molecule has 0 aromatic carbocycles. The summed E-state index contributed by atoms with van der Waals surface area (Å²) < 4.78 is 5.13. The fourth-order valence-electron chi connectivity index (χ4n) is 2.40. The summed E-state index contributed by atoms with van der Waals surface area (Å²) in [5.41, 5.74) is 1.65. The lowest BCUT2D eigenvalue weighted by Crippen LogP contribution is -3.06. The van der Waals surface area contributed by atoms with Gasteiger partial charge in [-0.25, -0.2) is 4.79 Å². The second-order valence-electron chi connectivity index (χ2n) is 5.21. The number of rotatable bonds is 5. The van der Waals surface area contributed by atoms with Gasteiger partial charge in [-0.05, 0) is 31.7 Å². The van der Waals surface area contributed by atoms with E-state index in [1.54, 1.807) is 6.92 Å². The van der Waals surface area contributed by atoms with Crippen molar-refractivity contribution in [3.63, 3.8) is 0 Å². The van der Waals surface area contributed by atoms with E-state index < -0.39 is 0 Å². The van der Waals surface area contributed by atoms with Gasteiger partial charge in [-0.2, -0.15) is 0 Å². The SMILES string of the molecule is CCOC(=O)c1c(NC(=O)C[NH+](C)C)sc2c1CCC2. The second-order valence-corrected chi connectivity index (χ2v) is 6.32. The van der Waals surface area contributed by atoms with Crippen molar-refractivity contribution >= 4 is 28.2 Å². The molecule has 0 fully saturated rings. The van der Waals surface area contributed by atoms with Gasteiger partial charge >= 0.3 is 5.97 Å². The number of hydrogen-bond acceptors (Lipinski definition) is 4. The van der Waals surface area contributed by atoms with Gasteiger partial charge in [0.15, 0.2) is 6.54 Å². The second kappa shape index (κ2) is 6.37. The molecule has 1 aromatic heterocycles. The zero-order valence-electron chi connectivity index (χ0n) is 12.2. The van der Waals surface area contributed by atoms with Gasteiger partial charge in [-0.1, -0.05) is 0 Å². The molecule has 0 saturated carbocycles. The van der Waals surface area contributed by atoms with Crippen molar-refractivity contribution < 1.29 is 19.2 Å². The van der Waals surface area contributed by atoms with E-state index in [2.05, 4.69) is 5.32 Å². The molecule has 0 saturated heterocycles. The zero-order chi connectivity index (χ0) is 14.7. The molecule has 2 N–H and O–H groups in total. The first kappa shape index (κ1) is 15.0. The van der Waals surface area contributed by atoms with Gasteiger partial charge < -0.3 is 15.0 Å². The predicted molar refractivity (Wildman–Crippen MR) is 78.6 cm³/mol. The van der Waals surface area contributed by atoms with Gasteiger partial charge in [0.2, 0.25) is 0 Å². The highest BCUT2D eigenvalue weighted by molar-refractivity contribution is 7.17. The van der Waals surface area contributed by atoms with Crippen molar-refractivity contribution in [2.75, 3.05) is 32.6 Å². The predicted octanol–water partition coefficient (Wildman–Crippen LogP) is 0.496. The molecule has 0 aliphatic heterocycles. The number of amides is 1. The number of carbonyl (C=O) groups is 2. The van der Waals surface area contributed by atoms with Crippen molar-refractivity contribution in [3.05, 3.63) is 16.0 Å². The van der Waals surface area contributed by atoms with Crippen LogP contribution in [0.3, 0.4) is 0 Å². The normalized spacial score (nSPS) is 13.4. The van der Waals surface area contributed by atoms with Gasteiger partial charge in [0.1, 0.15) is 5.00 Å². The molecule has 6 heteroatoms. The minimum atomic E-state index is -0.320. The Morgan fingerprint density at radius 1 is 1.35 bits per heavy atom. The third-order valence-electron chi connectivity index (χ3n) is 3.17. The summed E-state index contributed by atoms with van der Waals surface area (Å²) in [5, 5.41) is 3.52. The van der Waals surface area contributed by atoms with Gasteiger partial charge in [0.25, 0.3) is 5.91 Å². The summed E-state index contributed by atoms with van der Waals surface area (Å²) >= 11 is 1.52. The van der Waals surface area contributed by atoms with Crippen LogP contribution in [-0.4, -0.2) is 39.1 Å². The van der Waals surface area contributed by atoms with Crippen LogP contribution in [-0.2, 0) is 22.4 Å². The number of likely N-dealkylation sites (N-methyl/N-ethyl adjacent to an activating group) is 1. The van der Waals surface area contributed by atoms with E-state index in [0.717, 1.165) is 29.7 Å². The fraction of sp³-hybridized carbons (Fsp3) is 0.571. The quantitative estimate of drug-likeness (QED) is 0.778. The van der Waals surface area contributed by atoms with Crippen molar-refractivity contribution in [1.82, 2.24) is 0 Å². The number of aryl methyl sites for hydroxylation is 1. The summed E-state index contributed by atoms with van der Waals surface area (Å²) in [5.74, 6) is -0.394. The van der Waals surface area contributed by atoms with E-state index >= 15 is 0 Å². The first-order chi connectivity index (χ1) is 9.52. The van der Waals surface area contributed by atoms with Gasteiger partial charge in [-0.3, -0.25) is 4.79 Å². The maximum Gasteiger partial charge on any atom is 0.341 e. The van der Waals surface area contributed by atoms with Crippen LogP contribution in [0.1, 0.15) is 34.1 Å². The largest absolute Gasteiger partial charge is 0.462 e. The molecule has 20 heavy (non-hydrogen) atoms. The van der Waals surface area contributed by atoms with Gasteiger partial charge in [-0.15, -0.1) is 11.3 Å². The average Bonchev–Trinajstić information content (AvgIpc) is 2.87. The van der Waals surface area contributed by atoms with Crippen molar-refractivity contribution in [1.29, 1.82) is 0 Å². The Balaban J connectivity index is 2.24. The van der Waals surface area contributed by atoms with Crippen LogP contribution in [0.25, 0.3) is 0 Å². The lowest BCUT2D eigenvalue weighted by molar-refractivity contribution is -0.849. The van der Waals surface area contributed by atoms with Crippen molar-refractivity contribution in [3.8, 4) is 0 Å². The van der Waals surface area contributed by atoms with E-state index in [9.17, 15) is 9.59 Å². The molecule has 1 amide bonds.